The summed E-state index contributed by atoms with van der Waals surface area (Å²) < 4.78 is 10.4. The summed E-state index contributed by atoms with van der Waals surface area (Å²) in [5.41, 5.74) is 0.992. The van der Waals surface area contributed by atoms with Crippen LogP contribution in [0.3, 0.4) is 0 Å². The highest BCUT2D eigenvalue weighted by Gasteiger charge is 2.48. The number of ketones is 1. The van der Waals surface area contributed by atoms with Crippen molar-refractivity contribution in [2.45, 2.75) is 26.3 Å². The number of aromatic hydroxyl groups is 1. The van der Waals surface area contributed by atoms with Gasteiger partial charge >= 0.3 is 11.9 Å². The summed E-state index contributed by atoms with van der Waals surface area (Å²) in [6.07, 6.45) is 0.839. The van der Waals surface area contributed by atoms with E-state index < -0.39 is 23.7 Å². The van der Waals surface area contributed by atoms with E-state index in [4.69, 9.17) is 9.47 Å². The fourth-order valence-electron chi connectivity index (χ4n) is 3.85. The lowest BCUT2D eigenvalue weighted by Crippen LogP contribution is -2.29. The van der Waals surface area contributed by atoms with Crippen LogP contribution in [0.4, 0.5) is 5.13 Å². The third-order valence-corrected chi connectivity index (χ3v) is 6.75. The molecule has 0 aliphatic carbocycles. The monoisotopic (exact) mass is 508 g/mol. The lowest BCUT2D eigenvalue weighted by Gasteiger charge is -2.23. The molecule has 2 aromatic carbocycles. The van der Waals surface area contributed by atoms with Crippen molar-refractivity contribution < 1.29 is 34.1 Å². The maximum atomic E-state index is 13.2. The maximum absolute atomic E-state index is 13.2. The van der Waals surface area contributed by atoms with Gasteiger partial charge in [0.2, 0.25) is 0 Å². The van der Waals surface area contributed by atoms with Crippen LogP contribution >= 0.6 is 11.3 Å². The molecule has 10 heteroatoms. The highest BCUT2D eigenvalue weighted by molar-refractivity contribution is 7.17. The van der Waals surface area contributed by atoms with Gasteiger partial charge in [-0.15, -0.1) is 0 Å². The number of methoxy groups -OCH3 is 1. The molecule has 1 unspecified atom stereocenters. The molecular weight excluding hydrogens is 484 g/mol. The van der Waals surface area contributed by atoms with Crippen molar-refractivity contribution in [3.63, 3.8) is 0 Å². The molecule has 1 aliphatic rings. The van der Waals surface area contributed by atoms with Gasteiger partial charge in [0.05, 0.1) is 31.0 Å². The van der Waals surface area contributed by atoms with Gasteiger partial charge in [0.15, 0.2) is 5.13 Å². The number of carbonyl (C=O) groups excluding carboxylic acids is 3. The molecule has 36 heavy (non-hydrogen) atoms. The molecule has 1 fully saturated rings. The van der Waals surface area contributed by atoms with E-state index in [1.807, 2.05) is 6.92 Å². The van der Waals surface area contributed by atoms with Crippen molar-refractivity contribution >= 4 is 39.9 Å². The van der Waals surface area contributed by atoms with Gasteiger partial charge in [-0.1, -0.05) is 30.4 Å². The molecule has 186 valence electrons. The van der Waals surface area contributed by atoms with Crippen LogP contribution in [-0.4, -0.2) is 46.6 Å². The summed E-state index contributed by atoms with van der Waals surface area (Å²) in [5.74, 6) is -2.17. The minimum atomic E-state index is -1.04. The van der Waals surface area contributed by atoms with E-state index in [-0.39, 0.29) is 27.1 Å². The number of aryl methyl sites for hydroxylation is 1. The number of amides is 1. The summed E-state index contributed by atoms with van der Waals surface area (Å²) in [5, 5.41) is 21.1. The summed E-state index contributed by atoms with van der Waals surface area (Å²) in [7, 11) is 1.24. The number of ether oxygens (including phenoxy) is 2. The number of benzene rings is 2. The van der Waals surface area contributed by atoms with Gasteiger partial charge in [-0.05, 0) is 55.3 Å². The Morgan fingerprint density at radius 3 is 2.39 bits per heavy atom. The molecule has 0 radical (unpaired) electrons. The molecule has 1 atom stereocenters. The highest BCUT2D eigenvalue weighted by atomic mass is 32.1. The van der Waals surface area contributed by atoms with Crippen LogP contribution in [-0.2, 0) is 14.3 Å². The SMILES string of the molecule is CCCOc1ccc(C(O)=C2C(=O)C(=O)N(c3nc(C)c(C(=O)OC)s3)C2c2ccc(O)cc2)cc1. The number of aromatic nitrogens is 1. The van der Waals surface area contributed by atoms with Crippen molar-refractivity contribution in [3.05, 3.63) is 75.8 Å². The maximum Gasteiger partial charge on any atom is 0.350 e. The Morgan fingerprint density at radius 1 is 1.11 bits per heavy atom. The number of phenolic OH excluding ortho intramolecular Hbond substituents is 1. The van der Waals surface area contributed by atoms with Crippen LogP contribution < -0.4 is 9.64 Å². The number of esters is 1. The van der Waals surface area contributed by atoms with E-state index >= 15 is 0 Å². The number of nitrogens with zero attached hydrogens (tertiary/aromatic N) is 2. The van der Waals surface area contributed by atoms with Gasteiger partial charge in [0.1, 0.15) is 22.1 Å². The summed E-state index contributed by atoms with van der Waals surface area (Å²) >= 11 is 0.913. The van der Waals surface area contributed by atoms with E-state index in [2.05, 4.69) is 4.98 Å². The second-order valence-corrected chi connectivity index (χ2v) is 9.01. The average molecular weight is 509 g/mol. The normalized spacial score (nSPS) is 16.9. The molecule has 0 bridgehead atoms. The highest BCUT2D eigenvalue weighted by Crippen LogP contribution is 2.44. The van der Waals surface area contributed by atoms with E-state index in [0.717, 1.165) is 22.7 Å². The Morgan fingerprint density at radius 2 is 1.78 bits per heavy atom. The standard InChI is InChI=1S/C26H24N2O7S/c1-4-13-35-18-11-7-16(8-12-18)21(30)19-20(15-5-9-17(29)10-6-15)28(24(32)22(19)31)26-27-14(2)23(36-26)25(33)34-3/h5-12,20,29-30H,4,13H2,1-3H3. The number of aliphatic hydroxyl groups is 1. The van der Waals surface area contributed by atoms with Crippen molar-refractivity contribution in [2.75, 3.05) is 18.6 Å². The van der Waals surface area contributed by atoms with Gasteiger partial charge in [0, 0.05) is 5.56 Å². The lowest BCUT2D eigenvalue weighted by molar-refractivity contribution is -0.132. The number of rotatable bonds is 7. The van der Waals surface area contributed by atoms with Crippen LogP contribution in [0.2, 0.25) is 0 Å². The number of anilines is 1. The van der Waals surface area contributed by atoms with Crippen LogP contribution in [0.15, 0.2) is 54.1 Å². The van der Waals surface area contributed by atoms with Gasteiger partial charge < -0.3 is 19.7 Å². The first-order valence-corrected chi connectivity index (χ1v) is 12.0. The van der Waals surface area contributed by atoms with E-state index in [1.165, 1.54) is 19.2 Å². The first kappa shape index (κ1) is 24.9. The molecule has 2 heterocycles. The number of carbonyl (C=O) groups is 3. The zero-order chi connectivity index (χ0) is 26.0. The van der Waals surface area contributed by atoms with Crippen LogP contribution in [0, 0.1) is 6.92 Å². The smallest absolute Gasteiger partial charge is 0.350 e. The zero-order valence-corrected chi connectivity index (χ0v) is 20.7. The molecule has 4 rings (SSSR count). The largest absolute Gasteiger partial charge is 0.508 e. The number of hydrogen-bond donors (Lipinski definition) is 2. The van der Waals surface area contributed by atoms with Gasteiger partial charge in [-0.3, -0.25) is 14.5 Å². The predicted molar refractivity (Wildman–Crippen MR) is 133 cm³/mol. The zero-order valence-electron chi connectivity index (χ0n) is 19.8. The number of Topliss-reactive ketones (excluding diaryl/α,β-unsaturated/α-hetero) is 1. The molecule has 1 saturated heterocycles. The molecule has 1 amide bonds. The second kappa shape index (κ2) is 10.2. The topological polar surface area (TPSA) is 126 Å². The number of aliphatic hydroxyl groups excluding tert-OH is 1. The first-order valence-electron chi connectivity index (χ1n) is 11.2. The molecule has 9 nitrogen and oxygen atoms in total. The Balaban J connectivity index is 1.85. The Hall–Kier alpha value is -4.18. The summed E-state index contributed by atoms with van der Waals surface area (Å²) in [6.45, 7) is 4.12. The van der Waals surface area contributed by atoms with Crippen molar-refractivity contribution in [3.8, 4) is 11.5 Å². The molecule has 3 aromatic rings. The Bertz CT molecular complexity index is 1340. The molecule has 1 aliphatic heterocycles. The van der Waals surface area contributed by atoms with Gasteiger partial charge in [-0.2, -0.15) is 0 Å². The van der Waals surface area contributed by atoms with Crippen LogP contribution in [0.25, 0.3) is 5.76 Å². The van der Waals surface area contributed by atoms with Crippen LogP contribution in [0.1, 0.15) is 45.9 Å². The van der Waals surface area contributed by atoms with E-state index in [1.54, 1.807) is 43.3 Å². The van der Waals surface area contributed by atoms with Crippen molar-refractivity contribution in [1.82, 2.24) is 4.98 Å². The van der Waals surface area contributed by atoms with Crippen molar-refractivity contribution in [1.29, 1.82) is 0 Å². The van der Waals surface area contributed by atoms with E-state index in [0.29, 0.717) is 29.2 Å². The predicted octanol–water partition coefficient (Wildman–Crippen LogP) is 4.36. The van der Waals surface area contributed by atoms with Gasteiger partial charge in [-0.25, -0.2) is 9.78 Å². The number of hydrogen-bond acceptors (Lipinski definition) is 9. The Kier molecular flexibility index (Phi) is 7.07. The molecule has 2 N–H and O–H groups in total. The van der Waals surface area contributed by atoms with Crippen molar-refractivity contribution in [2.24, 2.45) is 0 Å². The fraction of sp³-hybridized carbons (Fsp3) is 0.231. The molecule has 1 aromatic heterocycles. The fourth-order valence-corrected chi connectivity index (χ4v) is 4.87. The van der Waals surface area contributed by atoms with Gasteiger partial charge in [0.25, 0.3) is 5.78 Å². The minimum Gasteiger partial charge on any atom is -0.508 e. The number of thiazole rings is 1. The van der Waals surface area contributed by atoms with Crippen LogP contribution in [0.5, 0.6) is 11.5 Å². The summed E-state index contributed by atoms with van der Waals surface area (Å²) in [6, 6.07) is 11.4. The molecule has 0 spiro atoms. The molecule has 0 saturated carbocycles. The third kappa shape index (κ3) is 4.55. The average Bonchev–Trinajstić information content (AvgIpc) is 3.39. The summed E-state index contributed by atoms with van der Waals surface area (Å²) in [4.78, 5) is 44.3. The Labute approximate surface area is 211 Å². The second-order valence-electron chi connectivity index (χ2n) is 8.04. The number of phenols is 1. The lowest BCUT2D eigenvalue weighted by atomic mass is 9.95. The quantitative estimate of drug-likeness (QED) is 0.209. The third-order valence-electron chi connectivity index (χ3n) is 5.62. The van der Waals surface area contributed by atoms with E-state index in [9.17, 15) is 24.6 Å². The minimum absolute atomic E-state index is 0.00330. The molecular formula is C26H24N2O7S. The first-order chi connectivity index (χ1) is 17.3.